The summed E-state index contributed by atoms with van der Waals surface area (Å²) in [6.45, 7) is 15.3. The van der Waals surface area contributed by atoms with Crippen LogP contribution >= 0.6 is 0 Å². The molecule has 0 aliphatic carbocycles. The molecule has 100 valence electrons. The van der Waals surface area contributed by atoms with Gasteiger partial charge in [-0.1, -0.05) is 39.5 Å². The summed E-state index contributed by atoms with van der Waals surface area (Å²) in [6.07, 6.45) is 1.74. The Morgan fingerprint density at radius 1 is 1.22 bits per heavy atom. The lowest BCUT2D eigenvalue weighted by Crippen LogP contribution is -2.43. The quantitative estimate of drug-likeness (QED) is 0.570. The van der Waals surface area contributed by atoms with E-state index in [1.165, 1.54) is 0 Å². The summed E-state index contributed by atoms with van der Waals surface area (Å²) in [5.74, 6) is 1.72. The summed E-state index contributed by atoms with van der Waals surface area (Å²) < 4.78 is 11.7. The minimum Gasteiger partial charge on any atom is -0.543 e. The van der Waals surface area contributed by atoms with E-state index in [2.05, 4.69) is 40.4 Å². The first-order valence-corrected chi connectivity index (χ1v) is 9.20. The van der Waals surface area contributed by atoms with Crippen molar-refractivity contribution in [1.82, 2.24) is 0 Å². The third kappa shape index (κ3) is 3.91. The predicted molar refractivity (Wildman–Crippen MR) is 80.0 cm³/mol. The maximum Gasteiger partial charge on any atom is 0.250 e. The van der Waals surface area contributed by atoms with Crippen molar-refractivity contribution >= 4 is 8.32 Å². The smallest absolute Gasteiger partial charge is 0.250 e. The lowest BCUT2D eigenvalue weighted by molar-refractivity contribution is 0.361. The van der Waals surface area contributed by atoms with Crippen LogP contribution in [-0.2, 0) is 0 Å². The van der Waals surface area contributed by atoms with E-state index in [1.807, 2.05) is 24.3 Å². The third-order valence-corrected chi connectivity index (χ3v) is 7.71. The Kier molecular flexibility index (Phi) is 4.63. The van der Waals surface area contributed by atoms with Gasteiger partial charge < -0.3 is 9.16 Å². The maximum absolute atomic E-state index is 6.22. The fraction of sp³-hybridized carbons (Fsp3) is 0.467. The zero-order chi connectivity index (χ0) is 13.8. The third-order valence-electron chi connectivity index (χ3n) is 3.35. The van der Waals surface area contributed by atoms with Crippen molar-refractivity contribution in [3.8, 4) is 11.5 Å². The van der Waals surface area contributed by atoms with Gasteiger partial charge in [-0.2, -0.15) is 0 Å². The zero-order valence-corrected chi connectivity index (χ0v) is 13.1. The van der Waals surface area contributed by atoms with Gasteiger partial charge >= 0.3 is 0 Å². The van der Waals surface area contributed by atoms with Crippen LogP contribution in [0, 0.1) is 0 Å². The van der Waals surface area contributed by atoms with Gasteiger partial charge in [-0.25, -0.2) is 0 Å². The van der Waals surface area contributed by atoms with E-state index in [4.69, 9.17) is 9.16 Å². The highest BCUT2D eigenvalue weighted by atomic mass is 28.4. The minimum atomic E-state index is -1.78. The van der Waals surface area contributed by atoms with Gasteiger partial charge in [0.05, 0.1) is 0 Å². The normalized spacial score (nSPS) is 12.1. The molecule has 0 amide bonds. The summed E-state index contributed by atoms with van der Waals surface area (Å²) in [6, 6.07) is 7.83. The lowest BCUT2D eigenvalue weighted by Gasteiger charge is -2.36. The maximum atomic E-state index is 6.22. The van der Waals surface area contributed by atoms with Gasteiger partial charge in [0, 0.05) is 6.07 Å². The van der Waals surface area contributed by atoms with Crippen molar-refractivity contribution in [2.24, 2.45) is 0 Å². The van der Waals surface area contributed by atoms with Crippen molar-refractivity contribution in [3.63, 3.8) is 0 Å². The molecule has 0 bridgehead atoms. The van der Waals surface area contributed by atoms with Crippen molar-refractivity contribution in [1.29, 1.82) is 0 Å². The number of rotatable bonds is 5. The first-order chi connectivity index (χ1) is 8.26. The Balaban J connectivity index is 2.82. The highest BCUT2D eigenvalue weighted by Gasteiger charge is 2.38. The summed E-state index contributed by atoms with van der Waals surface area (Å²) in [4.78, 5) is 0. The van der Waals surface area contributed by atoms with Crippen LogP contribution in [0.3, 0.4) is 0 Å². The summed E-state index contributed by atoms with van der Waals surface area (Å²) in [5.41, 5.74) is 0. The van der Waals surface area contributed by atoms with Crippen molar-refractivity contribution in [3.05, 3.63) is 36.9 Å². The monoisotopic (exact) mass is 264 g/mol. The van der Waals surface area contributed by atoms with E-state index in [-0.39, 0.29) is 5.04 Å². The van der Waals surface area contributed by atoms with E-state index >= 15 is 0 Å². The molecule has 0 radical (unpaired) electrons. The van der Waals surface area contributed by atoms with Crippen LogP contribution in [-0.4, -0.2) is 14.9 Å². The molecule has 1 rings (SSSR count). The van der Waals surface area contributed by atoms with Gasteiger partial charge in [0.2, 0.25) is 8.32 Å². The number of hydrogen-bond acceptors (Lipinski definition) is 2. The zero-order valence-electron chi connectivity index (χ0n) is 12.1. The lowest BCUT2D eigenvalue weighted by atomic mass is 10.2. The average molecular weight is 264 g/mol. The molecule has 0 unspecified atom stereocenters. The van der Waals surface area contributed by atoms with Crippen LogP contribution in [0.4, 0.5) is 0 Å². The summed E-state index contributed by atoms with van der Waals surface area (Å²) in [5, 5.41) is 0.199. The molecular weight excluding hydrogens is 240 g/mol. The van der Waals surface area contributed by atoms with E-state index < -0.39 is 8.32 Å². The van der Waals surface area contributed by atoms with Crippen LogP contribution in [0.15, 0.2) is 36.9 Å². The SMILES string of the molecule is C=CCOc1cccc(O[Si](C)(C)C(C)(C)C)c1. The first kappa shape index (κ1) is 14.8. The molecule has 0 saturated carbocycles. The first-order valence-electron chi connectivity index (χ1n) is 6.29. The minimum absolute atomic E-state index is 0.199. The molecule has 0 saturated heterocycles. The standard InChI is InChI=1S/C15H24O2Si/c1-7-11-16-13-9-8-10-14(12-13)17-18(5,6)15(2,3)4/h7-10,12H,1,11H2,2-6H3. The van der Waals surface area contributed by atoms with Gasteiger partial charge in [0.1, 0.15) is 18.1 Å². The Hall–Kier alpha value is -1.22. The Morgan fingerprint density at radius 3 is 2.39 bits per heavy atom. The van der Waals surface area contributed by atoms with Crippen molar-refractivity contribution < 1.29 is 9.16 Å². The molecule has 0 fully saturated rings. The average Bonchev–Trinajstić information content (AvgIpc) is 2.24. The van der Waals surface area contributed by atoms with Crippen LogP contribution in [0.2, 0.25) is 18.1 Å². The molecule has 1 aromatic rings. The Bertz CT molecular complexity index is 405. The van der Waals surface area contributed by atoms with Crippen LogP contribution in [0.1, 0.15) is 20.8 Å². The second-order valence-corrected chi connectivity index (χ2v) is 10.7. The number of hydrogen-bond donors (Lipinski definition) is 0. The molecule has 0 aliphatic heterocycles. The van der Waals surface area contributed by atoms with Gasteiger partial charge in [-0.05, 0) is 30.3 Å². The molecule has 1 aromatic carbocycles. The molecule has 3 heteroatoms. The van der Waals surface area contributed by atoms with Crippen LogP contribution in [0.5, 0.6) is 11.5 Å². The van der Waals surface area contributed by atoms with Crippen molar-refractivity contribution in [2.75, 3.05) is 6.61 Å². The van der Waals surface area contributed by atoms with Gasteiger partial charge in [0.15, 0.2) is 0 Å². The molecule has 2 nitrogen and oxygen atoms in total. The molecule has 0 spiro atoms. The van der Waals surface area contributed by atoms with E-state index in [0.717, 1.165) is 11.5 Å². The largest absolute Gasteiger partial charge is 0.543 e. The Morgan fingerprint density at radius 2 is 1.83 bits per heavy atom. The number of benzene rings is 1. The van der Waals surface area contributed by atoms with Crippen LogP contribution in [0.25, 0.3) is 0 Å². The van der Waals surface area contributed by atoms with Gasteiger partial charge in [0.25, 0.3) is 0 Å². The highest BCUT2D eigenvalue weighted by Crippen LogP contribution is 2.37. The van der Waals surface area contributed by atoms with Gasteiger partial charge in [-0.3, -0.25) is 0 Å². The summed E-state index contributed by atoms with van der Waals surface area (Å²) in [7, 11) is -1.78. The second kappa shape index (κ2) is 5.61. The topological polar surface area (TPSA) is 18.5 Å². The number of ether oxygens (including phenoxy) is 1. The van der Waals surface area contributed by atoms with E-state index in [1.54, 1.807) is 6.08 Å². The summed E-state index contributed by atoms with van der Waals surface area (Å²) >= 11 is 0. The Labute approximate surface area is 112 Å². The van der Waals surface area contributed by atoms with Crippen LogP contribution < -0.4 is 9.16 Å². The van der Waals surface area contributed by atoms with Gasteiger partial charge in [-0.15, -0.1) is 0 Å². The fourth-order valence-electron chi connectivity index (χ4n) is 1.23. The second-order valence-electron chi connectivity index (χ2n) is 5.94. The molecule has 0 heterocycles. The fourth-order valence-corrected chi connectivity index (χ4v) is 2.25. The van der Waals surface area contributed by atoms with Crippen molar-refractivity contribution in [2.45, 2.75) is 38.9 Å². The molecule has 0 N–H and O–H groups in total. The molecule has 0 aromatic heterocycles. The molecule has 0 atom stereocenters. The predicted octanol–water partition coefficient (Wildman–Crippen LogP) is 4.64. The van der Waals surface area contributed by atoms with E-state index in [9.17, 15) is 0 Å². The molecule has 18 heavy (non-hydrogen) atoms. The highest BCUT2D eigenvalue weighted by molar-refractivity contribution is 6.74. The molecule has 0 aliphatic rings. The van der Waals surface area contributed by atoms with E-state index in [0.29, 0.717) is 6.61 Å². The molecular formula is C15H24O2Si.